The van der Waals surface area contributed by atoms with E-state index in [0.717, 1.165) is 19.4 Å². The maximum absolute atomic E-state index is 4.76. The molecule has 3 heteroatoms. The van der Waals surface area contributed by atoms with Crippen LogP contribution in [-0.4, -0.2) is 16.3 Å². The van der Waals surface area contributed by atoms with Crippen molar-refractivity contribution in [2.45, 2.75) is 72.9 Å². The van der Waals surface area contributed by atoms with Crippen molar-refractivity contribution >= 4 is 0 Å². The van der Waals surface area contributed by atoms with Crippen molar-refractivity contribution in [3.63, 3.8) is 0 Å². The minimum atomic E-state index is 0.396. The van der Waals surface area contributed by atoms with E-state index in [2.05, 4.69) is 51.5 Å². The fraction of sp³-hybridized carbons (Fsp3) is 0.800. The number of aromatic nitrogens is 2. The first-order chi connectivity index (χ1) is 8.56. The van der Waals surface area contributed by atoms with Crippen molar-refractivity contribution < 1.29 is 0 Å². The lowest BCUT2D eigenvalue weighted by Gasteiger charge is -2.17. The Morgan fingerprint density at radius 1 is 1.17 bits per heavy atom. The largest absolute Gasteiger partial charge is 0.310 e. The Labute approximate surface area is 112 Å². The predicted molar refractivity (Wildman–Crippen MR) is 78.0 cm³/mol. The molecule has 1 rings (SSSR count). The summed E-state index contributed by atoms with van der Waals surface area (Å²) in [6, 6.07) is 0.934. The predicted octanol–water partition coefficient (Wildman–Crippen LogP) is 3.92. The molecule has 0 aliphatic rings. The van der Waals surface area contributed by atoms with Gasteiger partial charge in [-0.3, -0.25) is 4.68 Å². The smallest absolute Gasteiger partial charge is 0.0644 e. The zero-order valence-electron chi connectivity index (χ0n) is 12.9. The molecule has 0 radical (unpaired) electrons. The van der Waals surface area contributed by atoms with E-state index >= 15 is 0 Å². The van der Waals surface area contributed by atoms with Gasteiger partial charge in [0.15, 0.2) is 0 Å². The molecule has 0 amide bonds. The third-order valence-corrected chi connectivity index (χ3v) is 3.80. The molecule has 1 unspecified atom stereocenters. The molecule has 1 aromatic rings. The van der Waals surface area contributed by atoms with Gasteiger partial charge in [0.05, 0.1) is 11.7 Å². The summed E-state index contributed by atoms with van der Waals surface area (Å²) in [7, 11) is 0. The first-order valence-corrected chi connectivity index (χ1v) is 7.35. The van der Waals surface area contributed by atoms with E-state index in [0.29, 0.717) is 12.1 Å². The monoisotopic (exact) mass is 251 g/mol. The Balaban J connectivity index is 2.99. The van der Waals surface area contributed by atoms with E-state index in [1.807, 2.05) is 0 Å². The van der Waals surface area contributed by atoms with E-state index in [-0.39, 0.29) is 0 Å². The molecule has 1 atom stereocenters. The fourth-order valence-corrected chi connectivity index (χ4v) is 2.76. The summed E-state index contributed by atoms with van der Waals surface area (Å²) >= 11 is 0. The Morgan fingerprint density at radius 3 is 2.28 bits per heavy atom. The molecular weight excluding hydrogens is 222 g/mol. The van der Waals surface area contributed by atoms with Crippen LogP contribution in [0.3, 0.4) is 0 Å². The highest BCUT2D eigenvalue weighted by molar-refractivity contribution is 5.28. The lowest BCUT2D eigenvalue weighted by Crippen LogP contribution is -2.20. The van der Waals surface area contributed by atoms with E-state index in [4.69, 9.17) is 5.10 Å². The molecule has 0 saturated carbocycles. The Bertz CT molecular complexity index is 364. The van der Waals surface area contributed by atoms with Crippen LogP contribution < -0.4 is 5.32 Å². The minimum absolute atomic E-state index is 0.396. The number of hydrogen-bond donors (Lipinski definition) is 1. The second kappa shape index (κ2) is 6.93. The van der Waals surface area contributed by atoms with Crippen LogP contribution in [0.25, 0.3) is 0 Å². The number of aryl methyl sites for hydroxylation is 1. The Morgan fingerprint density at radius 2 is 1.78 bits per heavy atom. The maximum Gasteiger partial charge on any atom is 0.0644 e. The summed E-state index contributed by atoms with van der Waals surface area (Å²) in [4.78, 5) is 0. The average Bonchev–Trinajstić information content (AvgIpc) is 2.64. The number of nitrogens with zero attached hydrogens (tertiary/aromatic N) is 2. The summed E-state index contributed by atoms with van der Waals surface area (Å²) in [5.41, 5.74) is 3.89. The van der Waals surface area contributed by atoms with Crippen LogP contribution in [0.1, 0.15) is 76.0 Å². The molecule has 0 spiro atoms. The summed E-state index contributed by atoms with van der Waals surface area (Å²) in [5.74, 6) is 0. The number of rotatable bonds is 7. The third-order valence-electron chi connectivity index (χ3n) is 3.80. The summed E-state index contributed by atoms with van der Waals surface area (Å²) in [6.45, 7) is 14.3. The van der Waals surface area contributed by atoms with Gasteiger partial charge in [0.25, 0.3) is 0 Å². The van der Waals surface area contributed by atoms with Gasteiger partial charge in [0.2, 0.25) is 0 Å². The molecule has 18 heavy (non-hydrogen) atoms. The highest BCUT2D eigenvalue weighted by Crippen LogP contribution is 2.26. The lowest BCUT2D eigenvalue weighted by molar-refractivity contribution is 0.417. The molecule has 0 fully saturated rings. The zero-order valence-corrected chi connectivity index (χ0v) is 12.9. The van der Waals surface area contributed by atoms with Crippen molar-refractivity contribution in [1.29, 1.82) is 0 Å². The molecule has 104 valence electrons. The average molecular weight is 251 g/mol. The van der Waals surface area contributed by atoms with E-state index in [1.54, 1.807) is 0 Å². The minimum Gasteiger partial charge on any atom is -0.310 e. The molecule has 1 heterocycles. The summed E-state index contributed by atoms with van der Waals surface area (Å²) in [5, 5.41) is 8.32. The van der Waals surface area contributed by atoms with Crippen molar-refractivity contribution in [3.8, 4) is 0 Å². The molecule has 0 bridgehead atoms. The SMILES string of the molecule is CCCNC(C)c1c(C)nn(C(CC)CC)c1C. The topological polar surface area (TPSA) is 29.9 Å². The highest BCUT2D eigenvalue weighted by Gasteiger charge is 2.19. The Kier molecular flexibility index (Phi) is 5.86. The normalized spacial score (nSPS) is 13.3. The lowest BCUT2D eigenvalue weighted by atomic mass is 10.1. The van der Waals surface area contributed by atoms with Crippen molar-refractivity contribution in [1.82, 2.24) is 15.1 Å². The molecule has 0 aliphatic carbocycles. The molecule has 1 N–H and O–H groups in total. The van der Waals surface area contributed by atoms with Gasteiger partial charge in [-0.05, 0) is 46.6 Å². The molecule has 0 aromatic carbocycles. The maximum atomic E-state index is 4.76. The van der Waals surface area contributed by atoms with Crippen LogP contribution in [0.5, 0.6) is 0 Å². The molecular formula is C15H29N3. The van der Waals surface area contributed by atoms with Crippen LogP contribution >= 0.6 is 0 Å². The van der Waals surface area contributed by atoms with Crippen LogP contribution in [0.15, 0.2) is 0 Å². The van der Waals surface area contributed by atoms with Gasteiger partial charge >= 0.3 is 0 Å². The quantitative estimate of drug-likeness (QED) is 0.796. The van der Waals surface area contributed by atoms with E-state index < -0.39 is 0 Å². The van der Waals surface area contributed by atoms with E-state index in [9.17, 15) is 0 Å². The summed E-state index contributed by atoms with van der Waals surface area (Å²) < 4.78 is 2.23. The summed E-state index contributed by atoms with van der Waals surface area (Å²) in [6.07, 6.45) is 3.46. The van der Waals surface area contributed by atoms with Crippen molar-refractivity contribution in [2.75, 3.05) is 6.54 Å². The first kappa shape index (κ1) is 15.2. The van der Waals surface area contributed by atoms with Gasteiger partial charge in [-0.1, -0.05) is 20.8 Å². The van der Waals surface area contributed by atoms with Gasteiger partial charge in [-0.2, -0.15) is 5.10 Å². The standard InChI is InChI=1S/C15H29N3/c1-7-10-16-11(4)15-12(5)17-18(13(15)6)14(8-2)9-3/h11,14,16H,7-10H2,1-6H3. The fourth-order valence-electron chi connectivity index (χ4n) is 2.76. The van der Waals surface area contributed by atoms with Crippen LogP contribution in [0.4, 0.5) is 0 Å². The van der Waals surface area contributed by atoms with Gasteiger partial charge in [-0.15, -0.1) is 0 Å². The van der Waals surface area contributed by atoms with Gasteiger partial charge in [0.1, 0.15) is 0 Å². The molecule has 3 nitrogen and oxygen atoms in total. The number of nitrogens with one attached hydrogen (secondary N) is 1. The molecule has 0 aliphatic heterocycles. The van der Waals surface area contributed by atoms with Gasteiger partial charge in [0, 0.05) is 17.3 Å². The second-order valence-corrected chi connectivity index (χ2v) is 5.18. The van der Waals surface area contributed by atoms with Crippen molar-refractivity contribution in [2.24, 2.45) is 0 Å². The zero-order chi connectivity index (χ0) is 13.7. The molecule has 1 aromatic heterocycles. The van der Waals surface area contributed by atoms with Crippen LogP contribution in [0, 0.1) is 13.8 Å². The van der Waals surface area contributed by atoms with Gasteiger partial charge < -0.3 is 5.32 Å². The van der Waals surface area contributed by atoms with Gasteiger partial charge in [-0.25, -0.2) is 0 Å². The second-order valence-electron chi connectivity index (χ2n) is 5.18. The van der Waals surface area contributed by atoms with Crippen molar-refractivity contribution in [3.05, 3.63) is 17.0 Å². The van der Waals surface area contributed by atoms with Crippen LogP contribution in [-0.2, 0) is 0 Å². The third kappa shape index (κ3) is 3.14. The van der Waals surface area contributed by atoms with E-state index in [1.165, 1.54) is 23.4 Å². The van der Waals surface area contributed by atoms with Crippen LogP contribution in [0.2, 0.25) is 0 Å². The first-order valence-electron chi connectivity index (χ1n) is 7.35. The molecule has 0 saturated heterocycles. The number of hydrogen-bond acceptors (Lipinski definition) is 2. The highest BCUT2D eigenvalue weighted by atomic mass is 15.3. The Hall–Kier alpha value is -0.830.